The molecule has 0 spiro atoms. The lowest BCUT2D eigenvalue weighted by Crippen LogP contribution is -2.14. The number of para-hydroxylation sites is 1. The van der Waals surface area contributed by atoms with Crippen LogP contribution in [0.1, 0.15) is 38.9 Å². The van der Waals surface area contributed by atoms with Crippen molar-refractivity contribution in [2.24, 2.45) is 0 Å². The molecule has 0 aliphatic carbocycles. The molecule has 17 heteroatoms. The van der Waals surface area contributed by atoms with E-state index in [2.05, 4.69) is 25.3 Å². The van der Waals surface area contributed by atoms with Gasteiger partial charge in [0.05, 0.1) is 57.6 Å². The Bertz CT molecular complexity index is 2790. The molecule has 0 aliphatic rings. The second-order valence-corrected chi connectivity index (χ2v) is 16.0. The van der Waals surface area contributed by atoms with Gasteiger partial charge in [-0.15, -0.1) is 0 Å². The topological polar surface area (TPSA) is 147 Å². The van der Waals surface area contributed by atoms with E-state index in [0.717, 1.165) is 22.6 Å². The first-order valence-electron chi connectivity index (χ1n) is 17.7. The molecule has 312 valence electrons. The Morgan fingerprint density at radius 1 is 0.590 bits per heavy atom. The molecule has 9 nitrogen and oxygen atoms in total. The number of nitrogens with zero attached hydrogens (tertiary/aromatic N) is 4. The molecule has 61 heavy (non-hydrogen) atoms. The second kappa shape index (κ2) is 21.8. The maximum atomic E-state index is 11.0. The van der Waals surface area contributed by atoms with Crippen LogP contribution in [0.3, 0.4) is 0 Å². The molecule has 4 aromatic carbocycles. The number of aromatic hydroxyl groups is 2. The number of aromatic nitrogens is 4. The van der Waals surface area contributed by atoms with Crippen molar-refractivity contribution in [3.8, 4) is 11.5 Å². The van der Waals surface area contributed by atoms with Gasteiger partial charge in [-0.05, 0) is 74.0 Å². The summed E-state index contributed by atoms with van der Waals surface area (Å²) in [6, 6.07) is 29.2. The van der Waals surface area contributed by atoms with E-state index in [1.807, 2.05) is 48.5 Å². The van der Waals surface area contributed by atoms with E-state index >= 15 is 0 Å². The highest BCUT2D eigenvalue weighted by Crippen LogP contribution is 2.39. The number of pyridine rings is 4. The third-order valence-electron chi connectivity index (χ3n) is 8.58. The van der Waals surface area contributed by atoms with Crippen molar-refractivity contribution in [1.82, 2.24) is 19.9 Å². The maximum Gasteiger partial charge on any atom is 0.150 e. The molecule has 1 unspecified atom stereocenters. The van der Waals surface area contributed by atoms with Crippen LogP contribution in [-0.2, 0) is 0 Å². The highest BCUT2D eigenvalue weighted by molar-refractivity contribution is 6.42. The predicted octanol–water partition coefficient (Wildman–Crippen LogP) is 14.5. The number of carbonyl (C=O) groups excluding carboxylic acids is 1. The van der Waals surface area contributed by atoms with Gasteiger partial charge in [0, 0.05) is 34.3 Å². The number of rotatable bonds is 5. The average molecular weight is 976 g/mol. The highest BCUT2D eigenvalue weighted by atomic mass is 35.5. The number of hydrogen-bond acceptors (Lipinski definition) is 9. The van der Waals surface area contributed by atoms with E-state index in [0.29, 0.717) is 85.4 Å². The summed E-state index contributed by atoms with van der Waals surface area (Å²) < 4.78 is 0. The minimum absolute atomic E-state index is 0.0541. The van der Waals surface area contributed by atoms with E-state index < -0.39 is 6.04 Å². The Labute approximate surface area is 391 Å². The molecule has 0 bridgehead atoms. The van der Waals surface area contributed by atoms with Gasteiger partial charge in [0.2, 0.25) is 0 Å². The summed E-state index contributed by atoms with van der Waals surface area (Å²) in [7, 11) is 0. The van der Waals surface area contributed by atoms with Gasteiger partial charge in [0.25, 0.3) is 0 Å². The van der Waals surface area contributed by atoms with Gasteiger partial charge < -0.3 is 21.3 Å². The third-order valence-corrected chi connectivity index (χ3v) is 11.4. The van der Waals surface area contributed by atoms with Gasteiger partial charge in [-0.1, -0.05) is 141 Å². The standard InChI is InChI=1S/C22H15Cl4N3O.C9H7NO.C7H4Cl2O.C6H6Cl2N2/c1-11-16(24)10-18(26)22(28-11)29-19(13-5-7-15(23)17(25)9-13)14-6-4-12-3-2-8-27-20(12)21(14)30;11-8-5-1-3-7-4-2-6-10-9(7)8;8-6-2-1-5(4-10)3-7(6)9;1-3-4(7)2-5(8)6(9)10-3/h2-10,19,30H,1H3,(H,28,29);1-6,11H;1-4H;2H,1H3,(H2,9,10). The Balaban J connectivity index is 0.000000184. The normalized spacial score (nSPS) is 11.0. The lowest BCUT2D eigenvalue weighted by molar-refractivity contribution is 0.112. The number of aldehydes is 1. The number of nitrogens with two attached hydrogens (primary N) is 1. The lowest BCUT2D eigenvalue weighted by atomic mass is 9.96. The minimum Gasteiger partial charge on any atom is -0.506 e. The number of nitrogen functional groups attached to an aromatic ring is 1. The predicted molar refractivity (Wildman–Crippen MR) is 253 cm³/mol. The van der Waals surface area contributed by atoms with Crippen LogP contribution in [-0.4, -0.2) is 36.4 Å². The fraction of sp³-hybridized carbons (Fsp3) is 0.0682. The van der Waals surface area contributed by atoms with Crippen molar-refractivity contribution in [3.05, 3.63) is 184 Å². The van der Waals surface area contributed by atoms with Crippen molar-refractivity contribution < 1.29 is 15.0 Å². The van der Waals surface area contributed by atoms with Crippen molar-refractivity contribution in [2.45, 2.75) is 19.9 Å². The summed E-state index contributed by atoms with van der Waals surface area (Å²) in [4.78, 5) is 26.9. The zero-order valence-electron chi connectivity index (χ0n) is 31.8. The van der Waals surface area contributed by atoms with Crippen LogP contribution in [0.5, 0.6) is 11.5 Å². The second-order valence-electron chi connectivity index (χ2n) is 12.8. The number of carbonyl (C=O) groups is 1. The molecule has 1 atom stereocenters. The molecule has 4 aromatic heterocycles. The number of benzene rings is 4. The number of fused-ring (bicyclic) bond motifs is 2. The van der Waals surface area contributed by atoms with E-state index in [9.17, 15) is 15.0 Å². The minimum atomic E-state index is -0.531. The summed E-state index contributed by atoms with van der Waals surface area (Å²) in [6.07, 6.45) is 4.03. The first kappa shape index (κ1) is 47.2. The van der Waals surface area contributed by atoms with Gasteiger partial charge in [0.1, 0.15) is 40.5 Å². The van der Waals surface area contributed by atoms with Crippen molar-refractivity contribution in [2.75, 3.05) is 11.1 Å². The first-order chi connectivity index (χ1) is 29.1. The Kier molecular flexibility index (Phi) is 16.9. The molecular formula is C44H32Cl8N6O3. The monoisotopic (exact) mass is 972 g/mol. The molecule has 0 aliphatic heterocycles. The molecular weight excluding hydrogens is 944 g/mol. The molecule has 0 radical (unpaired) electrons. The zero-order valence-corrected chi connectivity index (χ0v) is 37.9. The van der Waals surface area contributed by atoms with Gasteiger partial charge in [0.15, 0.2) is 0 Å². The molecule has 0 amide bonds. The van der Waals surface area contributed by atoms with Gasteiger partial charge >= 0.3 is 0 Å². The van der Waals surface area contributed by atoms with E-state index in [1.54, 1.807) is 74.8 Å². The Hall–Kier alpha value is -4.81. The van der Waals surface area contributed by atoms with Crippen molar-refractivity contribution in [3.63, 3.8) is 0 Å². The summed E-state index contributed by atoms with van der Waals surface area (Å²) in [6.45, 7) is 3.56. The van der Waals surface area contributed by atoms with E-state index in [-0.39, 0.29) is 11.5 Å². The third kappa shape index (κ3) is 12.4. The molecule has 8 aromatic rings. The number of halogens is 8. The summed E-state index contributed by atoms with van der Waals surface area (Å²) >= 11 is 47.4. The van der Waals surface area contributed by atoms with Crippen LogP contribution in [0.15, 0.2) is 116 Å². The largest absolute Gasteiger partial charge is 0.506 e. The Morgan fingerprint density at radius 2 is 1.16 bits per heavy atom. The quantitative estimate of drug-likeness (QED) is 0.124. The lowest BCUT2D eigenvalue weighted by Gasteiger charge is -2.23. The molecule has 0 saturated heterocycles. The molecule has 0 fully saturated rings. The molecule has 8 rings (SSSR count). The summed E-state index contributed by atoms with van der Waals surface area (Å²) in [5.41, 5.74) is 9.76. The van der Waals surface area contributed by atoms with Gasteiger partial charge in [-0.3, -0.25) is 14.8 Å². The fourth-order valence-electron chi connectivity index (χ4n) is 5.46. The number of hydrogen-bond donors (Lipinski definition) is 4. The average Bonchev–Trinajstić information content (AvgIpc) is 3.24. The van der Waals surface area contributed by atoms with Crippen molar-refractivity contribution >= 4 is 133 Å². The fourth-order valence-corrected chi connectivity index (χ4v) is 6.84. The number of phenols is 2. The summed E-state index contributed by atoms with van der Waals surface area (Å²) in [5, 5.41) is 28.9. The van der Waals surface area contributed by atoms with Crippen LogP contribution >= 0.6 is 92.8 Å². The van der Waals surface area contributed by atoms with Crippen LogP contribution in [0.2, 0.25) is 40.2 Å². The Morgan fingerprint density at radius 3 is 1.77 bits per heavy atom. The zero-order chi connectivity index (χ0) is 44.4. The van der Waals surface area contributed by atoms with Crippen LogP contribution < -0.4 is 11.1 Å². The van der Waals surface area contributed by atoms with E-state index in [4.69, 9.17) is 98.5 Å². The van der Waals surface area contributed by atoms with Gasteiger partial charge in [-0.2, -0.15) is 0 Å². The van der Waals surface area contributed by atoms with Crippen molar-refractivity contribution in [1.29, 1.82) is 0 Å². The van der Waals surface area contributed by atoms with Crippen LogP contribution in [0.25, 0.3) is 21.8 Å². The summed E-state index contributed by atoms with van der Waals surface area (Å²) in [5.74, 6) is 1.04. The SMILES string of the molecule is Cc1nc(N)c(Cl)cc1Cl.Cc1nc(NC(c2ccc(Cl)c(Cl)c2)c2ccc3cccnc3c2O)c(Cl)cc1Cl.O=Cc1ccc(Cl)c(Cl)c1.Oc1cccc2cccnc12. The number of nitrogens with one attached hydrogen (secondary N) is 1. The smallest absolute Gasteiger partial charge is 0.150 e. The van der Waals surface area contributed by atoms with Crippen LogP contribution in [0, 0.1) is 13.8 Å². The molecule has 4 heterocycles. The highest BCUT2D eigenvalue weighted by Gasteiger charge is 2.23. The van der Waals surface area contributed by atoms with E-state index in [1.165, 1.54) is 6.07 Å². The van der Waals surface area contributed by atoms with Crippen LogP contribution in [0.4, 0.5) is 11.6 Å². The molecule has 0 saturated carbocycles. The van der Waals surface area contributed by atoms with Gasteiger partial charge in [-0.25, -0.2) is 9.97 Å². The molecule has 5 N–H and O–H groups in total. The number of anilines is 2. The number of aryl methyl sites for hydroxylation is 2. The first-order valence-corrected chi connectivity index (χ1v) is 20.7. The number of phenolic OH excluding ortho intramolecular Hbond substituents is 2. The maximum absolute atomic E-state index is 11.0.